The van der Waals surface area contributed by atoms with Gasteiger partial charge in [-0.25, -0.2) is 0 Å². The van der Waals surface area contributed by atoms with Gasteiger partial charge in [-0.1, -0.05) is 12.1 Å². The van der Waals surface area contributed by atoms with Gasteiger partial charge in [-0.15, -0.1) is 0 Å². The maximum absolute atomic E-state index is 11.7. The van der Waals surface area contributed by atoms with E-state index in [2.05, 4.69) is 22.8 Å². The monoisotopic (exact) mass is 310 g/mol. The average molecular weight is 310 g/mol. The maximum atomic E-state index is 11.7. The van der Waals surface area contributed by atoms with Crippen molar-refractivity contribution < 1.29 is 9.53 Å². The van der Waals surface area contributed by atoms with Crippen molar-refractivity contribution in [2.24, 2.45) is 5.92 Å². The lowest BCUT2D eigenvalue weighted by molar-refractivity contribution is -0.117. The van der Waals surface area contributed by atoms with Crippen molar-refractivity contribution in [1.29, 1.82) is 0 Å². The van der Waals surface area contributed by atoms with Crippen LogP contribution in [0.25, 0.3) is 0 Å². The molecule has 0 heterocycles. The van der Waals surface area contributed by atoms with Crippen LogP contribution in [0.5, 0.6) is 5.75 Å². The Morgan fingerprint density at radius 1 is 1.13 bits per heavy atom. The quantitative estimate of drug-likeness (QED) is 0.820. The predicted octanol–water partition coefficient (Wildman–Crippen LogP) is 3.70. The Labute approximate surface area is 136 Å². The van der Waals surface area contributed by atoms with Crippen LogP contribution in [0.3, 0.4) is 0 Å². The fourth-order valence-electron chi connectivity index (χ4n) is 2.44. The van der Waals surface area contributed by atoms with Crippen molar-refractivity contribution >= 4 is 17.3 Å². The van der Waals surface area contributed by atoms with Gasteiger partial charge in [0.1, 0.15) is 5.75 Å². The van der Waals surface area contributed by atoms with Crippen LogP contribution in [0.4, 0.5) is 11.4 Å². The number of ether oxygens (including phenoxy) is 1. The van der Waals surface area contributed by atoms with Gasteiger partial charge in [0, 0.05) is 23.8 Å². The van der Waals surface area contributed by atoms with Gasteiger partial charge < -0.3 is 15.4 Å². The van der Waals surface area contributed by atoms with Gasteiger partial charge in [-0.3, -0.25) is 4.79 Å². The minimum atomic E-state index is 0.142. The molecule has 0 aliphatic heterocycles. The third kappa shape index (κ3) is 4.49. The molecule has 1 amide bonds. The van der Waals surface area contributed by atoms with E-state index in [1.165, 1.54) is 5.56 Å². The number of hydrogen-bond acceptors (Lipinski definition) is 3. The maximum Gasteiger partial charge on any atom is 0.227 e. The third-order valence-electron chi connectivity index (χ3n) is 3.98. The molecule has 2 aromatic carbocycles. The molecule has 1 saturated carbocycles. The van der Waals surface area contributed by atoms with Crippen molar-refractivity contribution in [3.05, 3.63) is 54.1 Å². The molecule has 1 aliphatic rings. The van der Waals surface area contributed by atoms with E-state index in [0.29, 0.717) is 0 Å². The van der Waals surface area contributed by atoms with Gasteiger partial charge >= 0.3 is 0 Å². The normalized spacial score (nSPS) is 13.4. The molecule has 0 bridgehead atoms. The highest BCUT2D eigenvalue weighted by Gasteiger charge is 2.29. The molecule has 3 rings (SSSR count). The number of rotatable bonds is 7. The Bertz CT molecular complexity index is 663. The molecule has 2 N–H and O–H groups in total. The van der Waals surface area contributed by atoms with E-state index in [1.807, 2.05) is 36.4 Å². The molecular formula is C19H22N2O2. The van der Waals surface area contributed by atoms with Gasteiger partial charge in [0.15, 0.2) is 0 Å². The summed E-state index contributed by atoms with van der Waals surface area (Å²) in [7, 11) is 1.68. The topological polar surface area (TPSA) is 50.4 Å². The Kier molecular flexibility index (Phi) is 4.81. The van der Waals surface area contributed by atoms with Gasteiger partial charge in [0.2, 0.25) is 5.91 Å². The number of carbonyl (C=O) groups is 1. The first-order valence-electron chi connectivity index (χ1n) is 8.02. The second kappa shape index (κ2) is 7.18. The zero-order valence-corrected chi connectivity index (χ0v) is 13.3. The summed E-state index contributed by atoms with van der Waals surface area (Å²) in [4.78, 5) is 11.7. The number of hydrogen-bond donors (Lipinski definition) is 2. The number of carbonyl (C=O) groups excluding carboxylic acids is 1. The molecule has 1 fully saturated rings. The first-order chi connectivity index (χ1) is 11.2. The van der Waals surface area contributed by atoms with E-state index in [1.54, 1.807) is 7.11 Å². The molecule has 0 saturated heterocycles. The van der Waals surface area contributed by atoms with Gasteiger partial charge in [0.05, 0.1) is 7.11 Å². The van der Waals surface area contributed by atoms with Crippen LogP contribution in [-0.4, -0.2) is 19.6 Å². The van der Waals surface area contributed by atoms with Crippen LogP contribution in [0.1, 0.15) is 18.4 Å². The van der Waals surface area contributed by atoms with Gasteiger partial charge in [-0.05, 0) is 61.2 Å². The fourth-order valence-corrected chi connectivity index (χ4v) is 2.44. The molecule has 2 aromatic rings. The lowest BCUT2D eigenvalue weighted by Gasteiger charge is -2.09. The lowest BCUT2D eigenvalue weighted by Crippen LogP contribution is -2.13. The molecule has 4 nitrogen and oxygen atoms in total. The van der Waals surface area contributed by atoms with E-state index < -0.39 is 0 Å². The van der Waals surface area contributed by atoms with E-state index in [4.69, 9.17) is 4.74 Å². The fraction of sp³-hybridized carbons (Fsp3) is 0.316. The SMILES string of the molecule is COc1cccc(CCNc2ccc(NC(=O)C3CC3)cc2)c1. The zero-order valence-electron chi connectivity index (χ0n) is 13.3. The summed E-state index contributed by atoms with van der Waals surface area (Å²) in [5, 5.41) is 6.34. The molecule has 120 valence electrons. The molecule has 0 unspecified atom stereocenters. The molecule has 0 aromatic heterocycles. The first-order valence-corrected chi connectivity index (χ1v) is 8.02. The summed E-state index contributed by atoms with van der Waals surface area (Å²) in [5.41, 5.74) is 3.16. The number of anilines is 2. The Morgan fingerprint density at radius 2 is 1.87 bits per heavy atom. The largest absolute Gasteiger partial charge is 0.497 e. The summed E-state index contributed by atoms with van der Waals surface area (Å²) in [6.07, 6.45) is 2.98. The highest BCUT2D eigenvalue weighted by molar-refractivity contribution is 5.94. The Morgan fingerprint density at radius 3 is 2.57 bits per heavy atom. The Balaban J connectivity index is 1.47. The molecule has 23 heavy (non-hydrogen) atoms. The second-order valence-electron chi connectivity index (χ2n) is 5.87. The van der Waals surface area contributed by atoms with Crippen LogP contribution in [-0.2, 0) is 11.2 Å². The number of methoxy groups -OCH3 is 1. The highest BCUT2D eigenvalue weighted by atomic mass is 16.5. The van der Waals surface area contributed by atoms with E-state index in [0.717, 1.165) is 42.9 Å². The number of nitrogens with one attached hydrogen (secondary N) is 2. The van der Waals surface area contributed by atoms with Crippen LogP contribution < -0.4 is 15.4 Å². The number of benzene rings is 2. The van der Waals surface area contributed by atoms with Crippen LogP contribution in [0.15, 0.2) is 48.5 Å². The summed E-state index contributed by atoms with van der Waals surface area (Å²) >= 11 is 0. The van der Waals surface area contributed by atoms with Crippen molar-refractivity contribution in [2.75, 3.05) is 24.3 Å². The standard InChI is InChI=1S/C19H22N2O2/c1-23-18-4-2-3-14(13-18)11-12-20-16-7-9-17(10-8-16)21-19(22)15-5-6-15/h2-4,7-10,13,15,20H,5-6,11-12H2,1H3,(H,21,22). The minimum absolute atomic E-state index is 0.142. The highest BCUT2D eigenvalue weighted by Crippen LogP contribution is 2.30. The Hall–Kier alpha value is -2.49. The van der Waals surface area contributed by atoms with E-state index in [9.17, 15) is 4.79 Å². The minimum Gasteiger partial charge on any atom is -0.497 e. The van der Waals surface area contributed by atoms with E-state index >= 15 is 0 Å². The molecule has 1 aliphatic carbocycles. The first kappa shape index (κ1) is 15.4. The molecule has 0 atom stereocenters. The van der Waals surface area contributed by atoms with Crippen LogP contribution in [0, 0.1) is 5.92 Å². The van der Waals surface area contributed by atoms with Crippen molar-refractivity contribution in [3.63, 3.8) is 0 Å². The summed E-state index contributed by atoms with van der Waals surface area (Å²) < 4.78 is 5.23. The molecule has 0 radical (unpaired) electrons. The van der Waals surface area contributed by atoms with Crippen LogP contribution >= 0.6 is 0 Å². The van der Waals surface area contributed by atoms with Gasteiger partial charge in [-0.2, -0.15) is 0 Å². The third-order valence-corrected chi connectivity index (χ3v) is 3.98. The van der Waals surface area contributed by atoms with Gasteiger partial charge in [0.25, 0.3) is 0 Å². The zero-order chi connectivity index (χ0) is 16.1. The molecular weight excluding hydrogens is 288 g/mol. The molecule has 0 spiro atoms. The second-order valence-corrected chi connectivity index (χ2v) is 5.87. The van der Waals surface area contributed by atoms with E-state index in [-0.39, 0.29) is 11.8 Å². The van der Waals surface area contributed by atoms with Crippen molar-refractivity contribution in [1.82, 2.24) is 0 Å². The van der Waals surface area contributed by atoms with Crippen molar-refractivity contribution in [3.8, 4) is 5.75 Å². The summed E-state index contributed by atoms with van der Waals surface area (Å²) in [6.45, 7) is 0.848. The number of amides is 1. The van der Waals surface area contributed by atoms with Crippen molar-refractivity contribution in [2.45, 2.75) is 19.3 Å². The molecule has 4 heteroatoms. The smallest absolute Gasteiger partial charge is 0.227 e. The average Bonchev–Trinajstić information content (AvgIpc) is 3.42. The summed E-state index contributed by atoms with van der Waals surface area (Å²) in [5.74, 6) is 1.26. The lowest BCUT2D eigenvalue weighted by atomic mass is 10.1. The predicted molar refractivity (Wildman–Crippen MR) is 93.0 cm³/mol. The summed E-state index contributed by atoms with van der Waals surface area (Å²) in [6, 6.07) is 16.0. The van der Waals surface area contributed by atoms with Crippen LogP contribution in [0.2, 0.25) is 0 Å².